The van der Waals surface area contributed by atoms with Crippen molar-refractivity contribution in [3.63, 3.8) is 0 Å². The molecule has 0 amide bonds. The summed E-state index contributed by atoms with van der Waals surface area (Å²) in [4.78, 5) is 2.38. The Kier molecular flexibility index (Phi) is 3.70. The summed E-state index contributed by atoms with van der Waals surface area (Å²) in [5.41, 5.74) is 9.61. The molecule has 2 nitrogen and oxygen atoms in total. The number of anilines is 1. The van der Waals surface area contributed by atoms with Gasteiger partial charge in [-0.05, 0) is 41.7 Å². The minimum absolute atomic E-state index is 0.219. The molecule has 2 aromatic carbocycles. The van der Waals surface area contributed by atoms with Gasteiger partial charge in [0.25, 0.3) is 0 Å². The van der Waals surface area contributed by atoms with Gasteiger partial charge in [-0.2, -0.15) is 0 Å². The molecule has 0 fully saturated rings. The second-order valence-electron chi connectivity index (χ2n) is 5.40. The van der Waals surface area contributed by atoms with Crippen LogP contribution in [0.2, 0.25) is 0 Å². The van der Waals surface area contributed by atoms with E-state index in [4.69, 9.17) is 5.73 Å². The van der Waals surface area contributed by atoms with Crippen LogP contribution in [0.3, 0.4) is 0 Å². The van der Waals surface area contributed by atoms with Gasteiger partial charge in [-0.25, -0.2) is 4.39 Å². The maximum absolute atomic E-state index is 13.5. The molecule has 0 unspecified atom stereocenters. The molecule has 0 bridgehead atoms. The summed E-state index contributed by atoms with van der Waals surface area (Å²) in [5, 5.41) is 0. The number of fused-ring (bicyclic) bond motifs is 1. The van der Waals surface area contributed by atoms with Gasteiger partial charge < -0.3 is 5.73 Å². The lowest BCUT2D eigenvalue weighted by Crippen LogP contribution is -2.26. The van der Waals surface area contributed by atoms with E-state index >= 15 is 0 Å². The van der Waals surface area contributed by atoms with E-state index in [2.05, 4.69) is 29.2 Å². The van der Waals surface area contributed by atoms with Crippen LogP contribution in [-0.2, 0) is 19.4 Å². The van der Waals surface area contributed by atoms with Gasteiger partial charge in [0.1, 0.15) is 5.82 Å². The fourth-order valence-electron chi connectivity index (χ4n) is 2.80. The molecule has 0 aromatic heterocycles. The van der Waals surface area contributed by atoms with Crippen LogP contribution in [0.4, 0.5) is 10.1 Å². The number of hydrogen-bond acceptors (Lipinski definition) is 2. The van der Waals surface area contributed by atoms with E-state index in [0.29, 0.717) is 0 Å². The maximum atomic E-state index is 13.5. The van der Waals surface area contributed by atoms with Crippen molar-refractivity contribution in [2.75, 3.05) is 18.8 Å². The third-order valence-electron chi connectivity index (χ3n) is 3.98. The molecule has 2 aromatic rings. The largest absolute Gasteiger partial charge is 0.396 e. The average molecular weight is 270 g/mol. The zero-order valence-corrected chi connectivity index (χ0v) is 11.5. The third-order valence-corrected chi connectivity index (χ3v) is 3.98. The molecule has 1 aliphatic rings. The van der Waals surface area contributed by atoms with Crippen LogP contribution >= 0.6 is 0 Å². The lowest BCUT2D eigenvalue weighted by Gasteiger charge is -2.19. The molecule has 0 spiro atoms. The van der Waals surface area contributed by atoms with Crippen molar-refractivity contribution in [3.8, 4) is 0 Å². The zero-order chi connectivity index (χ0) is 13.9. The van der Waals surface area contributed by atoms with Crippen LogP contribution < -0.4 is 5.73 Å². The Labute approximate surface area is 119 Å². The molecule has 3 rings (SSSR count). The summed E-state index contributed by atoms with van der Waals surface area (Å²) in [6, 6.07) is 13.7. The van der Waals surface area contributed by atoms with Crippen LogP contribution in [0.15, 0.2) is 42.5 Å². The van der Waals surface area contributed by atoms with Gasteiger partial charge in [-0.1, -0.05) is 30.3 Å². The van der Waals surface area contributed by atoms with E-state index in [1.807, 2.05) is 6.07 Å². The molecule has 0 radical (unpaired) electrons. The minimum Gasteiger partial charge on any atom is -0.396 e. The first-order chi connectivity index (χ1) is 9.72. The highest BCUT2D eigenvalue weighted by molar-refractivity contribution is 5.41. The molecule has 1 aliphatic heterocycles. The smallest absolute Gasteiger partial charge is 0.146 e. The molecule has 0 aliphatic carbocycles. The summed E-state index contributed by atoms with van der Waals surface area (Å²) < 4.78 is 13.5. The predicted octanol–water partition coefficient (Wildman–Crippen LogP) is 3.01. The summed E-state index contributed by atoms with van der Waals surface area (Å²) in [5.74, 6) is -0.319. The Morgan fingerprint density at radius 3 is 2.25 bits per heavy atom. The number of nitrogen functional groups attached to an aromatic ring is 1. The molecule has 1 heterocycles. The van der Waals surface area contributed by atoms with E-state index in [0.717, 1.165) is 38.0 Å². The third kappa shape index (κ3) is 2.83. The highest BCUT2D eigenvalue weighted by Gasteiger charge is 2.14. The first-order valence-electron chi connectivity index (χ1n) is 7.05. The lowest BCUT2D eigenvalue weighted by atomic mass is 10.0. The quantitative estimate of drug-likeness (QED) is 0.850. The second-order valence-corrected chi connectivity index (χ2v) is 5.40. The van der Waals surface area contributed by atoms with Gasteiger partial charge >= 0.3 is 0 Å². The molecular formula is C17H19FN2. The van der Waals surface area contributed by atoms with Crippen molar-refractivity contribution in [1.82, 2.24) is 4.90 Å². The van der Waals surface area contributed by atoms with Crippen molar-refractivity contribution in [2.45, 2.75) is 19.4 Å². The van der Waals surface area contributed by atoms with Gasteiger partial charge in [-0.15, -0.1) is 0 Å². The van der Waals surface area contributed by atoms with E-state index in [1.165, 1.54) is 11.1 Å². The Morgan fingerprint density at radius 2 is 1.65 bits per heavy atom. The van der Waals surface area contributed by atoms with Gasteiger partial charge in [0.2, 0.25) is 0 Å². The van der Waals surface area contributed by atoms with Gasteiger partial charge in [0.15, 0.2) is 0 Å². The maximum Gasteiger partial charge on any atom is 0.146 e. The number of halogens is 1. The molecule has 0 saturated carbocycles. The molecule has 2 N–H and O–H groups in total. The molecule has 3 heteroatoms. The zero-order valence-electron chi connectivity index (χ0n) is 11.5. The van der Waals surface area contributed by atoms with Gasteiger partial charge in [-0.3, -0.25) is 4.90 Å². The molecule has 0 atom stereocenters. The van der Waals surface area contributed by atoms with Crippen molar-refractivity contribution >= 4 is 5.69 Å². The summed E-state index contributed by atoms with van der Waals surface area (Å²) in [7, 11) is 0. The van der Waals surface area contributed by atoms with E-state index in [9.17, 15) is 4.39 Å². The highest BCUT2D eigenvalue weighted by atomic mass is 19.1. The van der Waals surface area contributed by atoms with Crippen molar-refractivity contribution in [1.29, 1.82) is 0 Å². The molecule has 104 valence electrons. The number of hydrogen-bond donors (Lipinski definition) is 1. The molecule has 0 saturated heterocycles. The number of nitrogens with two attached hydrogens (primary N) is 1. The lowest BCUT2D eigenvalue weighted by molar-refractivity contribution is 0.279. The van der Waals surface area contributed by atoms with Crippen LogP contribution in [-0.4, -0.2) is 18.0 Å². The molecular weight excluding hydrogens is 251 g/mol. The fraction of sp³-hybridized carbons (Fsp3) is 0.294. The van der Waals surface area contributed by atoms with Crippen LogP contribution in [0, 0.1) is 5.82 Å². The first-order valence-corrected chi connectivity index (χ1v) is 7.05. The first kappa shape index (κ1) is 13.1. The average Bonchev–Trinajstić information content (AvgIpc) is 2.66. The normalized spacial score (nSPS) is 15.7. The Hall–Kier alpha value is -1.87. The number of nitrogens with zero attached hydrogens (tertiary/aromatic N) is 1. The van der Waals surface area contributed by atoms with Crippen LogP contribution in [0.25, 0.3) is 0 Å². The predicted molar refractivity (Wildman–Crippen MR) is 79.9 cm³/mol. The monoisotopic (exact) mass is 270 g/mol. The number of rotatable bonds is 2. The van der Waals surface area contributed by atoms with Crippen molar-refractivity contribution in [2.24, 2.45) is 0 Å². The SMILES string of the molecule is Nc1ccc(CN2CCc3ccccc3CC2)cc1F. The Balaban J connectivity index is 1.69. The van der Waals surface area contributed by atoms with Crippen LogP contribution in [0.1, 0.15) is 16.7 Å². The second kappa shape index (κ2) is 5.63. The fourth-order valence-corrected chi connectivity index (χ4v) is 2.80. The minimum atomic E-state index is -0.319. The van der Waals surface area contributed by atoms with Crippen molar-refractivity contribution in [3.05, 3.63) is 65.0 Å². The number of benzene rings is 2. The highest BCUT2D eigenvalue weighted by Crippen LogP contribution is 2.18. The summed E-state index contributed by atoms with van der Waals surface area (Å²) in [6.07, 6.45) is 2.13. The molecule has 20 heavy (non-hydrogen) atoms. The van der Waals surface area contributed by atoms with Crippen LogP contribution in [0.5, 0.6) is 0 Å². The van der Waals surface area contributed by atoms with E-state index in [-0.39, 0.29) is 11.5 Å². The van der Waals surface area contributed by atoms with E-state index < -0.39 is 0 Å². The van der Waals surface area contributed by atoms with Gasteiger partial charge in [0.05, 0.1) is 5.69 Å². The topological polar surface area (TPSA) is 29.3 Å². The van der Waals surface area contributed by atoms with Gasteiger partial charge in [0, 0.05) is 19.6 Å². The summed E-state index contributed by atoms with van der Waals surface area (Å²) in [6.45, 7) is 2.82. The Bertz CT molecular complexity index is 583. The standard InChI is InChI=1S/C17H19FN2/c18-16-11-13(5-6-17(16)19)12-20-9-7-14-3-1-2-4-15(14)8-10-20/h1-6,11H,7-10,12,19H2. The summed E-state index contributed by atoms with van der Waals surface area (Å²) >= 11 is 0. The van der Waals surface area contributed by atoms with Crippen molar-refractivity contribution < 1.29 is 4.39 Å². The Morgan fingerprint density at radius 1 is 1.00 bits per heavy atom. The van der Waals surface area contributed by atoms with E-state index in [1.54, 1.807) is 12.1 Å².